The fraction of sp³-hybridized carbons (Fsp3) is 0.346. The van der Waals surface area contributed by atoms with E-state index in [0.717, 1.165) is 16.9 Å². The number of fused-ring (bicyclic) bond motifs is 1. The third-order valence-electron chi connectivity index (χ3n) is 6.61. The van der Waals surface area contributed by atoms with E-state index in [1.807, 2.05) is 38.1 Å². The largest absolute Gasteiger partial charge is 0.488 e. The average Bonchev–Trinajstić information content (AvgIpc) is 3.23. The molecular weight excluding hydrogens is 498 g/mol. The Kier molecular flexibility index (Phi) is 6.94. The van der Waals surface area contributed by atoms with Gasteiger partial charge < -0.3 is 35.1 Å². The van der Waals surface area contributed by atoms with Crippen molar-refractivity contribution in [3.8, 4) is 17.0 Å². The molecule has 1 saturated heterocycles. The quantitative estimate of drug-likeness (QED) is 0.379. The molecule has 0 saturated carbocycles. The molecule has 2 aliphatic rings. The van der Waals surface area contributed by atoms with Gasteiger partial charge in [0.2, 0.25) is 0 Å². The number of halogens is 1. The second kappa shape index (κ2) is 10.3. The fourth-order valence-corrected chi connectivity index (χ4v) is 4.87. The lowest BCUT2D eigenvalue weighted by molar-refractivity contribution is -0.0411. The first-order valence-electron chi connectivity index (χ1n) is 12.1. The van der Waals surface area contributed by atoms with E-state index in [1.54, 1.807) is 12.4 Å². The number of morpholine rings is 1. The molecule has 0 aliphatic carbocycles. The standard InChI is InChI=1S/C26H28ClN5O5/c1-14-10-20-22(25(33)29-14)24(30-19-5-3-4-18(27)15(19)2)23(31-20)17-6-7-28-11-21(17)37-13-16-12-32(26(34)35)8-9-36-16/h3-7,11,14,16,30-31H,8-10,12-13H2,1-2H3,(H,29,33)(H,34,35)/t14-,16-/m1/s1. The number of amides is 2. The van der Waals surface area contributed by atoms with Crippen molar-refractivity contribution in [2.24, 2.45) is 0 Å². The van der Waals surface area contributed by atoms with E-state index in [0.29, 0.717) is 52.9 Å². The Hall–Kier alpha value is -3.76. The Labute approximate surface area is 218 Å². The number of anilines is 2. The molecule has 4 heterocycles. The van der Waals surface area contributed by atoms with E-state index in [2.05, 4.69) is 20.6 Å². The van der Waals surface area contributed by atoms with Crippen molar-refractivity contribution in [1.82, 2.24) is 20.2 Å². The highest BCUT2D eigenvalue weighted by molar-refractivity contribution is 6.31. The van der Waals surface area contributed by atoms with E-state index in [-0.39, 0.29) is 25.1 Å². The number of nitrogens with one attached hydrogen (secondary N) is 3. The van der Waals surface area contributed by atoms with Crippen molar-refractivity contribution < 1.29 is 24.2 Å². The van der Waals surface area contributed by atoms with Gasteiger partial charge in [-0.3, -0.25) is 9.78 Å². The molecule has 194 valence electrons. The fourth-order valence-electron chi connectivity index (χ4n) is 4.69. The van der Waals surface area contributed by atoms with Gasteiger partial charge in [-0.1, -0.05) is 17.7 Å². The Morgan fingerprint density at radius 1 is 1.38 bits per heavy atom. The van der Waals surface area contributed by atoms with Gasteiger partial charge in [0.1, 0.15) is 18.5 Å². The first-order chi connectivity index (χ1) is 17.8. The first-order valence-corrected chi connectivity index (χ1v) is 12.4. The van der Waals surface area contributed by atoms with E-state index in [9.17, 15) is 14.7 Å². The van der Waals surface area contributed by atoms with E-state index in [4.69, 9.17) is 21.1 Å². The number of carbonyl (C=O) groups is 2. The van der Waals surface area contributed by atoms with Crippen LogP contribution in [0.2, 0.25) is 5.02 Å². The average molecular weight is 526 g/mol. The summed E-state index contributed by atoms with van der Waals surface area (Å²) in [5, 5.41) is 16.4. The van der Waals surface area contributed by atoms with Gasteiger partial charge in [0.05, 0.1) is 36.3 Å². The number of hydrogen-bond acceptors (Lipinski definition) is 6. The van der Waals surface area contributed by atoms with Crippen molar-refractivity contribution in [2.75, 3.05) is 31.6 Å². The molecule has 0 radical (unpaired) electrons. The summed E-state index contributed by atoms with van der Waals surface area (Å²) in [7, 11) is 0. The summed E-state index contributed by atoms with van der Waals surface area (Å²) in [6.45, 7) is 4.88. The van der Waals surface area contributed by atoms with Crippen LogP contribution in [-0.4, -0.2) is 70.4 Å². The van der Waals surface area contributed by atoms with Crippen molar-refractivity contribution in [3.63, 3.8) is 0 Å². The SMILES string of the molecule is Cc1c(Cl)cccc1Nc1c(-c2ccncc2OC[C@H]2CN(C(=O)O)CCO2)[nH]c2c1C(=O)N[C@H](C)C2. The van der Waals surface area contributed by atoms with Gasteiger partial charge in [-0.25, -0.2) is 4.79 Å². The van der Waals surface area contributed by atoms with Gasteiger partial charge >= 0.3 is 6.09 Å². The number of carbonyl (C=O) groups excluding carboxylic acids is 1. The molecule has 11 heteroatoms. The third-order valence-corrected chi connectivity index (χ3v) is 7.02. The molecule has 3 aromatic rings. The summed E-state index contributed by atoms with van der Waals surface area (Å²) < 4.78 is 11.8. The molecule has 0 unspecified atom stereocenters. The van der Waals surface area contributed by atoms with Crippen LogP contribution in [-0.2, 0) is 11.2 Å². The summed E-state index contributed by atoms with van der Waals surface area (Å²) in [4.78, 5) is 33.4. The minimum atomic E-state index is -0.980. The van der Waals surface area contributed by atoms with Crippen LogP contribution in [0.3, 0.4) is 0 Å². The van der Waals surface area contributed by atoms with Crippen LogP contribution < -0.4 is 15.4 Å². The van der Waals surface area contributed by atoms with Gasteiger partial charge in [0, 0.05) is 47.2 Å². The van der Waals surface area contributed by atoms with Crippen LogP contribution in [0.25, 0.3) is 11.3 Å². The summed E-state index contributed by atoms with van der Waals surface area (Å²) in [5.74, 6) is 0.316. The number of benzene rings is 1. The highest BCUT2D eigenvalue weighted by Gasteiger charge is 2.31. The van der Waals surface area contributed by atoms with Crippen molar-refractivity contribution in [1.29, 1.82) is 0 Å². The number of ether oxygens (including phenoxy) is 2. The van der Waals surface area contributed by atoms with Gasteiger partial charge in [0.15, 0.2) is 0 Å². The number of aromatic nitrogens is 2. The smallest absolute Gasteiger partial charge is 0.407 e. The van der Waals surface area contributed by atoms with Gasteiger partial charge in [-0.05, 0) is 37.6 Å². The number of pyridine rings is 1. The molecule has 0 spiro atoms. The number of H-pyrrole nitrogens is 1. The van der Waals surface area contributed by atoms with Crippen LogP contribution in [0.15, 0.2) is 36.7 Å². The topological polar surface area (TPSA) is 129 Å². The van der Waals surface area contributed by atoms with Gasteiger partial charge in [-0.15, -0.1) is 0 Å². The molecule has 1 aromatic carbocycles. The van der Waals surface area contributed by atoms with Crippen LogP contribution in [0.4, 0.5) is 16.2 Å². The molecule has 37 heavy (non-hydrogen) atoms. The molecule has 10 nitrogen and oxygen atoms in total. The molecule has 1 fully saturated rings. The maximum atomic E-state index is 13.1. The summed E-state index contributed by atoms with van der Waals surface area (Å²) in [6, 6.07) is 7.38. The summed E-state index contributed by atoms with van der Waals surface area (Å²) in [6.07, 6.45) is 2.51. The third kappa shape index (κ3) is 5.07. The molecule has 5 rings (SSSR count). The van der Waals surface area contributed by atoms with Gasteiger partial charge in [0.25, 0.3) is 5.91 Å². The minimum Gasteiger partial charge on any atom is -0.488 e. The second-order valence-corrected chi connectivity index (χ2v) is 9.66. The maximum Gasteiger partial charge on any atom is 0.407 e. The lowest BCUT2D eigenvalue weighted by Gasteiger charge is -2.30. The Morgan fingerprint density at radius 2 is 2.22 bits per heavy atom. The van der Waals surface area contributed by atoms with Crippen LogP contribution in [0, 0.1) is 6.92 Å². The normalized spacial score (nSPS) is 19.2. The van der Waals surface area contributed by atoms with Crippen molar-refractivity contribution in [2.45, 2.75) is 32.4 Å². The Bertz CT molecular complexity index is 1340. The molecule has 4 N–H and O–H groups in total. The molecule has 2 aliphatic heterocycles. The van der Waals surface area contributed by atoms with Gasteiger partial charge in [-0.2, -0.15) is 0 Å². The number of rotatable bonds is 6. The zero-order valence-electron chi connectivity index (χ0n) is 20.5. The van der Waals surface area contributed by atoms with E-state index < -0.39 is 12.2 Å². The van der Waals surface area contributed by atoms with Crippen molar-refractivity contribution >= 4 is 35.0 Å². The zero-order valence-corrected chi connectivity index (χ0v) is 21.3. The Morgan fingerprint density at radius 3 is 3.03 bits per heavy atom. The van der Waals surface area contributed by atoms with Crippen LogP contribution in [0.1, 0.15) is 28.5 Å². The lowest BCUT2D eigenvalue weighted by Crippen LogP contribution is -2.47. The van der Waals surface area contributed by atoms with Crippen LogP contribution >= 0.6 is 11.6 Å². The molecule has 0 bridgehead atoms. The Balaban J connectivity index is 1.51. The summed E-state index contributed by atoms with van der Waals surface area (Å²) in [5.41, 5.74) is 5.01. The van der Waals surface area contributed by atoms with E-state index >= 15 is 0 Å². The summed E-state index contributed by atoms with van der Waals surface area (Å²) >= 11 is 6.36. The molecule has 2 amide bonds. The number of carboxylic acid groups (broad SMARTS) is 1. The predicted molar refractivity (Wildman–Crippen MR) is 139 cm³/mol. The molecule has 2 atom stereocenters. The highest BCUT2D eigenvalue weighted by atomic mass is 35.5. The second-order valence-electron chi connectivity index (χ2n) is 9.25. The maximum absolute atomic E-state index is 13.1. The number of nitrogens with zero attached hydrogens (tertiary/aromatic N) is 2. The molecule has 2 aromatic heterocycles. The highest BCUT2D eigenvalue weighted by Crippen LogP contribution is 2.41. The van der Waals surface area contributed by atoms with Crippen LogP contribution in [0.5, 0.6) is 5.75 Å². The number of aromatic amines is 1. The van der Waals surface area contributed by atoms with E-state index in [1.165, 1.54) is 4.90 Å². The predicted octanol–water partition coefficient (Wildman–Crippen LogP) is 4.21. The monoisotopic (exact) mass is 525 g/mol. The molecular formula is C26H28ClN5O5. The minimum absolute atomic E-state index is 0.0129. The number of hydrogen-bond donors (Lipinski definition) is 4. The zero-order chi connectivity index (χ0) is 26.1. The van der Waals surface area contributed by atoms with Crippen molar-refractivity contribution in [3.05, 3.63) is 58.5 Å². The lowest BCUT2D eigenvalue weighted by atomic mass is 10.0. The first kappa shape index (κ1) is 24.9.